The summed E-state index contributed by atoms with van der Waals surface area (Å²) < 4.78 is 20.2. The Morgan fingerprint density at radius 1 is 1.31 bits per heavy atom. The van der Waals surface area contributed by atoms with E-state index < -0.39 is 5.54 Å². The minimum absolute atomic E-state index is 0.140. The minimum atomic E-state index is -0.577. The van der Waals surface area contributed by atoms with Crippen molar-refractivity contribution in [2.45, 2.75) is 52.5 Å². The van der Waals surface area contributed by atoms with Crippen LogP contribution in [0.25, 0.3) is 5.57 Å². The second kappa shape index (κ2) is 10.2. The maximum Gasteiger partial charge on any atom is 0.302 e. The smallest absolute Gasteiger partial charge is 0.302 e. The van der Waals surface area contributed by atoms with E-state index in [4.69, 9.17) is 4.74 Å². The van der Waals surface area contributed by atoms with Gasteiger partial charge in [0.25, 0.3) is 0 Å². The van der Waals surface area contributed by atoms with Crippen molar-refractivity contribution in [1.29, 1.82) is 0 Å². The highest BCUT2D eigenvalue weighted by molar-refractivity contribution is 9.10. The van der Waals surface area contributed by atoms with Crippen molar-refractivity contribution < 1.29 is 18.7 Å². The number of ether oxygens (including phenoxy) is 1. The number of allylic oxidation sites excluding steroid dienone is 4. The van der Waals surface area contributed by atoms with Crippen molar-refractivity contribution in [2.75, 3.05) is 6.61 Å². The van der Waals surface area contributed by atoms with Crippen LogP contribution in [0.1, 0.15) is 52.5 Å². The summed E-state index contributed by atoms with van der Waals surface area (Å²) in [7, 11) is 0. The van der Waals surface area contributed by atoms with Gasteiger partial charge in [-0.15, -0.1) is 0 Å². The predicted octanol–water partition coefficient (Wildman–Crippen LogP) is 5.42. The van der Waals surface area contributed by atoms with Crippen molar-refractivity contribution in [3.05, 3.63) is 52.3 Å². The molecule has 0 aliphatic heterocycles. The average Bonchev–Trinajstić information content (AvgIpc) is 2.64. The van der Waals surface area contributed by atoms with Crippen LogP contribution in [0.15, 0.2) is 40.9 Å². The van der Waals surface area contributed by atoms with E-state index in [0.29, 0.717) is 22.9 Å². The molecule has 0 fully saturated rings. The number of hydrogen-bond donors (Lipinski definition) is 1. The van der Waals surface area contributed by atoms with E-state index in [-0.39, 0.29) is 36.1 Å². The Morgan fingerprint density at radius 2 is 2.03 bits per heavy atom. The van der Waals surface area contributed by atoms with Crippen molar-refractivity contribution in [3.8, 4) is 0 Å². The van der Waals surface area contributed by atoms with Gasteiger partial charge in [-0.05, 0) is 48.8 Å². The second-order valence-electron chi connectivity index (χ2n) is 7.76. The highest BCUT2D eigenvalue weighted by atomic mass is 79.9. The van der Waals surface area contributed by atoms with Gasteiger partial charge in [-0.2, -0.15) is 0 Å². The van der Waals surface area contributed by atoms with Crippen LogP contribution >= 0.6 is 15.9 Å². The highest BCUT2D eigenvalue weighted by Gasteiger charge is 2.32. The first-order valence-corrected chi connectivity index (χ1v) is 10.7. The summed E-state index contributed by atoms with van der Waals surface area (Å²) >= 11 is 3.29. The molecule has 6 heteroatoms. The molecule has 0 radical (unpaired) electrons. The summed E-state index contributed by atoms with van der Waals surface area (Å²) in [6.07, 6.45) is 8.34. The second-order valence-corrected chi connectivity index (χ2v) is 8.68. The van der Waals surface area contributed by atoms with Gasteiger partial charge in [-0.3, -0.25) is 9.59 Å². The number of amides is 1. The van der Waals surface area contributed by atoms with Gasteiger partial charge in [0.15, 0.2) is 0 Å². The highest BCUT2D eigenvalue weighted by Crippen LogP contribution is 2.34. The van der Waals surface area contributed by atoms with Gasteiger partial charge in [0.1, 0.15) is 12.4 Å². The number of halogens is 2. The number of rotatable bonds is 8. The number of carbonyl (C=O) groups excluding carboxylic acids is 2. The SMILES string of the molecule is CCC(CCC1C=CC(c2ccc(Br)cc2F)=CC1C)(COC(C)=O)NC(C)=O. The molecule has 3 atom stereocenters. The number of benzene rings is 1. The van der Waals surface area contributed by atoms with Gasteiger partial charge in [0.05, 0.1) is 5.54 Å². The first-order valence-electron chi connectivity index (χ1n) is 9.93. The Hall–Kier alpha value is -1.95. The largest absolute Gasteiger partial charge is 0.463 e. The normalized spacial score (nSPS) is 20.6. The van der Waals surface area contributed by atoms with Crippen LogP contribution in [-0.2, 0) is 14.3 Å². The lowest BCUT2D eigenvalue weighted by Gasteiger charge is -2.35. The average molecular weight is 466 g/mol. The quantitative estimate of drug-likeness (QED) is 0.521. The van der Waals surface area contributed by atoms with Crippen LogP contribution in [0.3, 0.4) is 0 Å². The lowest BCUT2D eigenvalue weighted by Crippen LogP contribution is -2.51. The monoisotopic (exact) mass is 465 g/mol. The Balaban J connectivity index is 2.09. The van der Waals surface area contributed by atoms with E-state index in [0.717, 1.165) is 12.0 Å². The van der Waals surface area contributed by atoms with Gasteiger partial charge in [0, 0.05) is 23.9 Å². The van der Waals surface area contributed by atoms with Gasteiger partial charge in [0.2, 0.25) is 5.91 Å². The fraction of sp³-hybridized carbons (Fsp3) is 0.478. The van der Waals surface area contributed by atoms with E-state index in [2.05, 4.69) is 40.3 Å². The van der Waals surface area contributed by atoms with Crippen LogP contribution in [-0.4, -0.2) is 24.0 Å². The molecule has 1 aromatic carbocycles. The Labute approximate surface area is 180 Å². The number of carbonyl (C=O) groups is 2. The molecule has 0 aromatic heterocycles. The van der Waals surface area contributed by atoms with Crippen molar-refractivity contribution in [1.82, 2.24) is 5.32 Å². The maximum absolute atomic E-state index is 14.3. The molecule has 1 amide bonds. The van der Waals surface area contributed by atoms with Crippen molar-refractivity contribution >= 4 is 33.4 Å². The third-order valence-corrected chi connectivity index (χ3v) is 6.00. The molecule has 29 heavy (non-hydrogen) atoms. The third kappa shape index (κ3) is 6.53. The number of hydrogen-bond acceptors (Lipinski definition) is 3. The Kier molecular flexibility index (Phi) is 8.20. The molecule has 0 saturated heterocycles. The lowest BCUT2D eigenvalue weighted by molar-refractivity contribution is -0.144. The lowest BCUT2D eigenvalue weighted by atomic mass is 9.79. The summed E-state index contributed by atoms with van der Waals surface area (Å²) in [5, 5.41) is 2.99. The Bertz CT molecular complexity index is 820. The van der Waals surface area contributed by atoms with Crippen molar-refractivity contribution in [2.24, 2.45) is 11.8 Å². The predicted molar refractivity (Wildman–Crippen MR) is 117 cm³/mol. The molecule has 3 unspecified atom stereocenters. The van der Waals surface area contributed by atoms with Gasteiger partial charge >= 0.3 is 5.97 Å². The fourth-order valence-electron chi connectivity index (χ4n) is 3.72. The Morgan fingerprint density at radius 3 is 2.59 bits per heavy atom. The summed E-state index contributed by atoms with van der Waals surface area (Å²) in [6.45, 7) is 7.10. The molecule has 0 bridgehead atoms. The fourth-order valence-corrected chi connectivity index (χ4v) is 4.05. The molecule has 0 saturated carbocycles. The van der Waals surface area contributed by atoms with Gasteiger partial charge < -0.3 is 10.1 Å². The van der Waals surface area contributed by atoms with E-state index in [1.54, 1.807) is 6.07 Å². The minimum Gasteiger partial charge on any atom is -0.463 e. The molecule has 0 spiro atoms. The molecular weight excluding hydrogens is 437 g/mol. The zero-order chi connectivity index (χ0) is 21.6. The molecule has 158 valence electrons. The number of nitrogens with one attached hydrogen (secondary N) is 1. The first kappa shape index (κ1) is 23.3. The summed E-state index contributed by atoms with van der Waals surface area (Å²) in [5.41, 5.74) is 0.889. The zero-order valence-electron chi connectivity index (χ0n) is 17.4. The molecule has 4 nitrogen and oxygen atoms in total. The molecule has 1 aliphatic rings. The van der Waals surface area contributed by atoms with Crippen molar-refractivity contribution in [3.63, 3.8) is 0 Å². The molecule has 1 N–H and O–H groups in total. The van der Waals surface area contributed by atoms with Crippen LogP contribution in [0.5, 0.6) is 0 Å². The van der Waals surface area contributed by atoms with Gasteiger partial charge in [-0.25, -0.2) is 4.39 Å². The van der Waals surface area contributed by atoms with Gasteiger partial charge in [-0.1, -0.05) is 54.1 Å². The molecular formula is C23H29BrFNO3. The van der Waals surface area contributed by atoms with Crippen LogP contribution in [0.2, 0.25) is 0 Å². The first-order chi connectivity index (χ1) is 13.7. The maximum atomic E-state index is 14.3. The van der Waals surface area contributed by atoms with E-state index in [9.17, 15) is 14.0 Å². The van der Waals surface area contributed by atoms with E-state index in [1.807, 2.05) is 19.1 Å². The summed E-state index contributed by atoms with van der Waals surface area (Å²) in [4.78, 5) is 23.0. The van der Waals surface area contributed by atoms with Crippen LogP contribution in [0, 0.1) is 17.7 Å². The molecule has 2 rings (SSSR count). The van der Waals surface area contributed by atoms with E-state index in [1.165, 1.54) is 19.9 Å². The molecule has 1 aliphatic carbocycles. The summed E-state index contributed by atoms with van der Waals surface area (Å²) in [6, 6.07) is 5.08. The van der Waals surface area contributed by atoms with Crippen LogP contribution < -0.4 is 5.32 Å². The van der Waals surface area contributed by atoms with E-state index >= 15 is 0 Å². The third-order valence-electron chi connectivity index (χ3n) is 5.51. The molecule has 1 aromatic rings. The standard InChI is InChI=1S/C23H29BrFNO3/c1-5-23(26-16(3)27,14-29-17(4)28)11-10-18-6-7-19(12-15(18)2)21-9-8-20(24)13-22(21)25/h6-9,12-13,15,18H,5,10-11,14H2,1-4H3,(H,26,27). The van der Waals surface area contributed by atoms with Crippen LogP contribution in [0.4, 0.5) is 4.39 Å². The topological polar surface area (TPSA) is 55.4 Å². The number of esters is 1. The zero-order valence-corrected chi connectivity index (χ0v) is 19.0. The molecule has 0 heterocycles. The summed E-state index contributed by atoms with van der Waals surface area (Å²) in [5.74, 6) is -0.270.